The molecule has 0 aliphatic rings. The molecule has 0 aliphatic heterocycles. The van der Waals surface area contributed by atoms with Crippen molar-refractivity contribution in [3.63, 3.8) is 0 Å². The van der Waals surface area contributed by atoms with E-state index in [-0.39, 0.29) is 5.54 Å². The van der Waals surface area contributed by atoms with Gasteiger partial charge in [0.1, 0.15) is 5.54 Å². The van der Waals surface area contributed by atoms with Crippen molar-refractivity contribution in [1.82, 2.24) is 10.2 Å². The minimum absolute atomic E-state index is 0.341. The van der Waals surface area contributed by atoms with Crippen molar-refractivity contribution in [3.8, 4) is 6.07 Å². The van der Waals surface area contributed by atoms with Crippen LogP contribution in [-0.2, 0) is 0 Å². The smallest absolute Gasteiger partial charge is 0.103 e. The highest BCUT2D eigenvalue weighted by Gasteiger charge is 2.21. The Balaban J connectivity index is 3.82. The molecule has 1 atom stereocenters. The maximum absolute atomic E-state index is 9.05. The number of nitrogens with zero attached hydrogens (tertiary/aromatic N) is 2. The molecule has 0 fully saturated rings. The first-order valence-corrected chi connectivity index (χ1v) is 5.35. The Morgan fingerprint density at radius 2 is 2.07 bits per heavy atom. The van der Waals surface area contributed by atoms with Crippen LogP contribution in [-0.4, -0.2) is 37.6 Å². The van der Waals surface area contributed by atoms with Crippen molar-refractivity contribution >= 4 is 0 Å². The predicted molar refractivity (Wildman–Crippen MR) is 60.1 cm³/mol. The molecular formula is C11H23N3. The number of nitrogens with one attached hydrogen (secondary N) is 1. The Hall–Kier alpha value is -0.590. The summed E-state index contributed by atoms with van der Waals surface area (Å²) in [5, 5.41) is 12.3. The van der Waals surface area contributed by atoms with Crippen LogP contribution in [0.5, 0.6) is 0 Å². The van der Waals surface area contributed by atoms with Crippen LogP contribution >= 0.6 is 0 Å². The van der Waals surface area contributed by atoms with Crippen LogP contribution in [0.1, 0.15) is 33.1 Å². The first-order chi connectivity index (χ1) is 6.54. The number of rotatable bonds is 7. The van der Waals surface area contributed by atoms with E-state index in [0.29, 0.717) is 0 Å². The van der Waals surface area contributed by atoms with Gasteiger partial charge in [0, 0.05) is 0 Å². The summed E-state index contributed by atoms with van der Waals surface area (Å²) in [5.74, 6) is 0. The highest BCUT2D eigenvalue weighted by molar-refractivity contribution is 5.03. The second-order valence-electron chi connectivity index (χ2n) is 4.28. The molecule has 14 heavy (non-hydrogen) atoms. The molecule has 0 saturated carbocycles. The summed E-state index contributed by atoms with van der Waals surface area (Å²) in [5.41, 5.74) is -0.341. The van der Waals surface area contributed by atoms with E-state index in [9.17, 15) is 0 Å². The first-order valence-electron chi connectivity index (χ1n) is 5.35. The Morgan fingerprint density at radius 1 is 1.43 bits per heavy atom. The molecule has 0 radical (unpaired) electrons. The molecule has 82 valence electrons. The minimum Gasteiger partial charge on any atom is -0.309 e. The van der Waals surface area contributed by atoms with Gasteiger partial charge in [0.25, 0.3) is 0 Å². The second kappa shape index (κ2) is 6.80. The standard InChI is InChI=1S/C11H23N3/c1-5-8-13-11(2,10-12)7-6-9-14(3)4/h13H,5-9H2,1-4H3. The van der Waals surface area contributed by atoms with Gasteiger partial charge in [-0.15, -0.1) is 0 Å². The summed E-state index contributed by atoms with van der Waals surface area (Å²) in [6, 6.07) is 2.36. The average molecular weight is 197 g/mol. The third kappa shape index (κ3) is 5.95. The highest BCUT2D eigenvalue weighted by atomic mass is 15.0. The van der Waals surface area contributed by atoms with Crippen molar-refractivity contribution in [2.75, 3.05) is 27.2 Å². The lowest BCUT2D eigenvalue weighted by Crippen LogP contribution is -2.41. The van der Waals surface area contributed by atoms with E-state index < -0.39 is 0 Å². The first kappa shape index (κ1) is 13.4. The van der Waals surface area contributed by atoms with E-state index in [1.54, 1.807) is 0 Å². The van der Waals surface area contributed by atoms with Crippen LogP contribution in [0.3, 0.4) is 0 Å². The third-order valence-corrected chi connectivity index (χ3v) is 2.29. The van der Waals surface area contributed by atoms with Crippen LogP contribution in [0.2, 0.25) is 0 Å². The lowest BCUT2D eigenvalue weighted by molar-refractivity contribution is 0.347. The normalized spacial score (nSPS) is 15.1. The quantitative estimate of drug-likeness (QED) is 0.674. The Morgan fingerprint density at radius 3 is 2.50 bits per heavy atom. The van der Waals surface area contributed by atoms with Crippen LogP contribution in [0.25, 0.3) is 0 Å². The monoisotopic (exact) mass is 197 g/mol. The molecule has 0 bridgehead atoms. The van der Waals surface area contributed by atoms with E-state index in [1.165, 1.54) is 0 Å². The molecule has 1 unspecified atom stereocenters. The molecule has 0 rings (SSSR count). The number of hydrogen-bond acceptors (Lipinski definition) is 3. The van der Waals surface area contributed by atoms with Crippen LogP contribution in [0.4, 0.5) is 0 Å². The Bertz CT molecular complexity index is 183. The largest absolute Gasteiger partial charge is 0.309 e. The van der Waals surface area contributed by atoms with E-state index in [1.807, 2.05) is 6.92 Å². The van der Waals surface area contributed by atoms with Crippen molar-refractivity contribution in [3.05, 3.63) is 0 Å². The summed E-state index contributed by atoms with van der Waals surface area (Å²) >= 11 is 0. The molecule has 0 aromatic rings. The molecular weight excluding hydrogens is 174 g/mol. The van der Waals surface area contributed by atoms with E-state index in [2.05, 4.69) is 37.3 Å². The minimum atomic E-state index is -0.341. The summed E-state index contributed by atoms with van der Waals surface area (Å²) in [7, 11) is 4.12. The molecule has 1 N–H and O–H groups in total. The predicted octanol–water partition coefficient (Wildman–Crippen LogP) is 1.61. The van der Waals surface area contributed by atoms with Crippen molar-refractivity contribution in [2.45, 2.75) is 38.6 Å². The van der Waals surface area contributed by atoms with Crippen LogP contribution < -0.4 is 5.32 Å². The Kier molecular flexibility index (Phi) is 6.52. The van der Waals surface area contributed by atoms with Gasteiger partial charge >= 0.3 is 0 Å². The highest BCUT2D eigenvalue weighted by Crippen LogP contribution is 2.11. The van der Waals surface area contributed by atoms with Gasteiger partial charge in [-0.05, 0) is 53.4 Å². The summed E-state index contributed by atoms with van der Waals surface area (Å²) in [6.07, 6.45) is 3.06. The van der Waals surface area contributed by atoms with E-state index in [0.717, 1.165) is 32.4 Å². The number of nitriles is 1. The molecule has 3 heteroatoms. The molecule has 0 spiro atoms. The van der Waals surface area contributed by atoms with Crippen LogP contribution in [0, 0.1) is 11.3 Å². The van der Waals surface area contributed by atoms with Gasteiger partial charge in [0.05, 0.1) is 6.07 Å². The van der Waals surface area contributed by atoms with Crippen molar-refractivity contribution in [2.24, 2.45) is 0 Å². The van der Waals surface area contributed by atoms with Gasteiger partial charge in [-0.3, -0.25) is 5.32 Å². The van der Waals surface area contributed by atoms with Gasteiger partial charge in [-0.2, -0.15) is 5.26 Å². The SMILES string of the molecule is CCCNC(C)(C#N)CCCN(C)C. The zero-order chi connectivity index (χ0) is 11.0. The molecule has 0 aliphatic carbocycles. The zero-order valence-corrected chi connectivity index (χ0v) is 9.93. The molecule has 0 saturated heterocycles. The molecule has 0 aromatic heterocycles. The van der Waals surface area contributed by atoms with Gasteiger partial charge in [-0.25, -0.2) is 0 Å². The lowest BCUT2D eigenvalue weighted by atomic mass is 9.97. The zero-order valence-electron chi connectivity index (χ0n) is 9.93. The van der Waals surface area contributed by atoms with Gasteiger partial charge in [0.2, 0.25) is 0 Å². The van der Waals surface area contributed by atoms with E-state index in [4.69, 9.17) is 5.26 Å². The fourth-order valence-electron chi connectivity index (χ4n) is 1.33. The van der Waals surface area contributed by atoms with Crippen molar-refractivity contribution < 1.29 is 0 Å². The third-order valence-electron chi connectivity index (χ3n) is 2.29. The molecule has 0 aromatic carbocycles. The van der Waals surface area contributed by atoms with E-state index >= 15 is 0 Å². The topological polar surface area (TPSA) is 39.1 Å². The fourth-order valence-corrected chi connectivity index (χ4v) is 1.33. The molecule has 0 heterocycles. The van der Waals surface area contributed by atoms with Crippen molar-refractivity contribution in [1.29, 1.82) is 5.26 Å². The lowest BCUT2D eigenvalue weighted by Gasteiger charge is -2.23. The fraction of sp³-hybridized carbons (Fsp3) is 0.909. The van der Waals surface area contributed by atoms with Gasteiger partial charge in [-0.1, -0.05) is 6.92 Å². The summed E-state index contributed by atoms with van der Waals surface area (Å²) in [4.78, 5) is 2.15. The van der Waals surface area contributed by atoms with Gasteiger partial charge in [0.15, 0.2) is 0 Å². The molecule has 0 amide bonds. The van der Waals surface area contributed by atoms with Gasteiger partial charge < -0.3 is 4.90 Å². The molecule has 3 nitrogen and oxygen atoms in total. The average Bonchev–Trinajstić information content (AvgIpc) is 2.14. The summed E-state index contributed by atoms with van der Waals surface area (Å²) < 4.78 is 0. The maximum Gasteiger partial charge on any atom is 0.103 e. The number of hydrogen-bond donors (Lipinski definition) is 1. The Labute approximate surface area is 88.1 Å². The second-order valence-corrected chi connectivity index (χ2v) is 4.28. The van der Waals surface area contributed by atoms with Crippen LogP contribution in [0.15, 0.2) is 0 Å². The summed E-state index contributed by atoms with van der Waals surface area (Å²) in [6.45, 7) is 6.07. The maximum atomic E-state index is 9.05.